The summed E-state index contributed by atoms with van der Waals surface area (Å²) in [4.78, 5) is 11.7. The quantitative estimate of drug-likeness (QED) is 0.572. The smallest absolute Gasteiger partial charge is 0.181 e. The van der Waals surface area contributed by atoms with Crippen LogP contribution in [0.5, 0.6) is 0 Å². The molecule has 1 N–H and O–H groups in total. The summed E-state index contributed by atoms with van der Waals surface area (Å²) >= 11 is 0. The van der Waals surface area contributed by atoms with Crippen molar-refractivity contribution >= 4 is 16.9 Å². The molecule has 0 bridgehead atoms. The summed E-state index contributed by atoms with van der Waals surface area (Å²) in [7, 11) is 0. The molecule has 0 radical (unpaired) electrons. The van der Waals surface area contributed by atoms with Gasteiger partial charge in [-0.25, -0.2) is 9.97 Å². The van der Waals surface area contributed by atoms with Gasteiger partial charge in [-0.3, -0.25) is 5.10 Å². The molecule has 0 aliphatic heterocycles. The van der Waals surface area contributed by atoms with Crippen molar-refractivity contribution in [1.82, 2.24) is 20.2 Å². The highest BCUT2D eigenvalue weighted by molar-refractivity contribution is 5.89. The molecule has 0 aromatic carbocycles. The number of rotatable bonds is 8. The van der Waals surface area contributed by atoms with Crippen molar-refractivity contribution in [2.75, 3.05) is 18.0 Å². The first-order valence-electron chi connectivity index (χ1n) is 9.67. The number of H-pyrrole nitrogens is 1. The van der Waals surface area contributed by atoms with Crippen LogP contribution in [0.15, 0.2) is 43.1 Å². The summed E-state index contributed by atoms with van der Waals surface area (Å²) in [5.41, 5.74) is 3.72. The third kappa shape index (κ3) is 4.35. The van der Waals surface area contributed by atoms with E-state index in [1.54, 1.807) is 6.20 Å². The van der Waals surface area contributed by atoms with Gasteiger partial charge < -0.3 is 4.90 Å². The molecule has 5 nitrogen and oxygen atoms in total. The molecular formula is C22H29N5. The fraction of sp³-hybridized carbons (Fsp3) is 0.409. The molecule has 2 atom stereocenters. The third-order valence-corrected chi connectivity index (χ3v) is 5.01. The molecule has 142 valence electrons. The largest absolute Gasteiger partial charge is 0.356 e. The molecule has 0 aliphatic carbocycles. The van der Waals surface area contributed by atoms with E-state index in [1.165, 1.54) is 5.56 Å². The van der Waals surface area contributed by atoms with E-state index in [4.69, 9.17) is 4.98 Å². The Bertz CT molecular complexity index is 914. The molecule has 0 spiro atoms. The van der Waals surface area contributed by atoms with Crippen LogP contribution >= 0.6 is 0 Å². The lowest BCUT2D eigenvalue weighted by molar-refractivity contribution is 0.523. The second kappa shape index (κ2) is 8.33. The standard InChI is InChI=1S/C22H29N5/c1-6-15(3)13-27(14-16(4)7-2)20-12-17(5)11-19(24-20)21-18-9-8-10-23-22(18)26-25-21/h6,8-12,15-16H,1,7,13-14H2,2-5H3,(H,23,25,26). The maximum atomic E-state index is 4.99. The summed E-state index contributed by atoms with van der Waals surface area (Å²) in [5, 5.41) is 8.43. The minimum absolute atomic E-state index is 0.400. The summed E-state index contributed by atoms with van der Waals surface area (Å²) in [6.07, 6.45) is 4.91. The van der Waals surface area contributed by atoms with Crippen molar-refractivity contribution in [3.63, 3.8) is 0 Å². The Morgan fingerprint density at radius 3 is 2.81 bits per heavy atom. The minimum atomic E-state index is 0.400. The van der Waals surface area contributed by atoms with Gasteiger partial charge in [0.15, 0.2) is 5.65 Å². The molecule has 3 aromatic rings. The first-order chi connectivity index (χ1) is 13.0. The molecule has 3 heterocycles. The predicted molar refractivity (Wildman–Crippen MR) is 113 cm³/mol. The third-order valence-electron chi connectivity index (χ3n) is 5.01. The van der Waals surface area contributed by atoms with Crippen LogP contribution < -0.4 is 4.90 Å². The fourth-order valence-electron chi connectivity index (χ4n) is 3.17. The zero-order valence-electron chi connectivity index (χ0n) is 16.7. The van der Waals surface area contributed by atoms with Gasteiger partial charge in [-0.05, 0) is 48.6 Å². The lowest BCUT2D eigenvalue weighted by atomic mass is 10.1. The highest BCUT2D eigenvalue weighted by Gasteiger charge is 2.17. The number of hydrogen-bond donors (Lipinski definition) is 1. The average Bonchev–Trinajstić information content (AvgIpc) is 3.10. The second-order valence-corrected chi connectivity index (χ2v) is 7.49. The normalized spacial score (nSPS) is 13.5. The van der Waals surface area contributed by atoms with Crippen molar-refractivity contribution in [2.45, 2.75) is 34.1 Å². The molecule has 27 heavy (non-hydrogen) atoms. The van der Waals surface area contributed by atoms with Gasteiger partial charge in [-0.1, -0.05) is 33.3 Å². The first-order valence-corrected chi connectivity index (χ1v) is 9.67. The number of fused-ring (bicyclic) bond motifs is 1. The van der Waals surface area contributed by atoms with Crippen LogP contribution in [0.3, 0.4) is 0 Å². The summed E-state index contributed by atoms with van der Waals surface area (Å²) in [6.45, 7) is 14.7. The van der Waals surface area contributed by atoms with Gasteiger partial charge in [0.2, 0.25) is 0 Å². The maximum Gasteiger partial charge on any atom is 0.181 e. The molecule has 2 unspecified atom stereocenters. The highest BCUT2D eigenvalue weighted by atomic mass is 15.2. The maximum absolute atomic E-state index is 4.99. The van der Waals surface area contributed by atoms with Crippen molar-refractivity contribution in [3.05, 3.63) is 48.7 Å². The average molecular weight is 364 g/mol. The van der Waals surface area contributed by atoms with E-state index in [1.807, 2.05) is 18.2 Å². The van der Waals surface area contributed by atoms with E-state index in [2.05, 4.69) is 66.5 Å². The molecule has 5 heteroatoms. The monoisotopic (exact) mass is 363 g/mol. The van der Waals surface area contributed by atoms with E-state index in [9.17, 15) is 0 Å². The van der Waals surface area contributed by atoms with Crippen LogP contribution in [0.1, 0.15) is 32.8 Å². The van der Waals surface area contributed by atoms with E-state index in [-0.39, 0.29) is 0 Å². The van der Waals surface area contributed by atoms with Crippen LogP contribution in [0.2, 0.25) is 0 Å². The van der Waals surface area contributed by atoms with Gasteiger partial charge in [0.25, 0.3) is 0 Å². The number of aromatic amines is 1. The number of nitrogens with zero attached hydrogens (tertiary/aromatic N) is 4. The number of anilines is 1. The van der Waals surface area contributed by atoms with E-state index < -0.39 is 0 Å². The first kappa shape index (κ1) is 19.1. The number of aryl methyl sites for hydroxylation is 1. The molecule has 0 saturated carbocycles. The Kier molecular flexibility index (Phi) is 5.89. The lowest BCUT2D eigenvalue weighted by Crippen LogP contribution is -2.33. The Labute approximate surface area is 161 Å². The van der Waals surface area contributed by atoms with Crippen LogP contribution in [-0.4, -0.2) is 33.3 Å². The van der Waals surface area contributed by atoms with Gasteiger partial charge in [0.1, 0.15) is 5.82 Å². The highest BCUT2D eigenvalue weighted by Crippen LogP contribution is 2.27. The molecule has 0 fully saturated rings. The van der Waals surface area contributed by atoms with Crippen LogP contribution in [0, 0.1) is 18.8 Å². The molecular weight excluding hydrogens is 334 g/mol. The van der Waals surface area contributed by atoms with Gasteiger partial charge in [0, 0.05) is 24.7 Å². The number of nitrogens with one attached hydrogen (secondary N) is 1. The summed E-state index contributed by atoms with van der Waals surface area (Å²) in [5.74, 6) is 2.01. The van der Waals surface area contributed by atoms with Crippen LogP contribution in [0.4, 0.5) is 5.82 Å². The van der Waals surface area contributed by atoms with Crippen molar-refractivity contribution in [1.29, 1.82) is 0 Å². The van der Waals surface area contributed by atoms with E-state index in [0.29, 0.717) is 17.5 Å². The molecule has 3 aromatic heterocycles. The van der Waals surface area contributed by atoms with Gasteiger partial charge >= 0.3 is 0 Å². The predicted octanol–water partition coefficient (Wildman–Crippen LogP) is 5.00. The number of pyridine rings is 2. The Hall–Kier alpha value is -2.69. The Morgan fingerprint density at radius 1 is 1.26 bits per heavy atom. The molecule has 0 saturated heterocycles. The van der Waals surface area contributed by atoms with Crippen molar-refractivity contribution in [2.24, 2.45) is 11.8 Å². The Balaban J connectivity index is 2.02. The topological polar surface area (TPSA) is 57.7 Å². The van der Waals surface area contributed by atoms with E-state index >= 15 is 0 Å². The van der Waals surface area contributed by atoms with Gasteiger partial charge in [0.05, 0.1) is 11.4 Å². The zero-order valence-corrected chi connectivity index (χ0v) is 16.7. The number of hydrogen-bond acceptors (Lipinski definition) is 4. The lowest BCUT2D eigenvalue weighted by Gasteiger charge is -2.29. The van der Waals surface area contributed by atoms with Crippen LogP contribution in [0.25, 0.3) is 22.4 Å². The summed E-state index contributed by atoms with van der Waals surface area (Å²) < 4.78 is 0. The second-order valence-electron chi connectivity index (χ2n) is 7.49. The SMILES string of the molecule is C=CC(C)CN(CC(C)CC)c1cc(C)cc(-c2[nH]nc3ncccc23)n1. The fourth-order valence-corrected chi connectivity index (χ4v) is 3.17. The molecule has 3 rings (SSSR count). The van der Waals surface area contributed by atoms with Crippen LogP contribution in [-0.2, 0) is 0 Å². The van der Waals surface area contributed by atoms with Crippen molar-refractivity contribution in [3.8, 4) is 11.4 Å². The van der Waals surface area contributed by atoms with Gasteiger partial charge in [-0.15, -0.1) is 6.58 Å². The van der Waals surface area contributed by atoms with Gasteiger partial charge in [-0.2, -0.15) is 5.10 Å². The molecule has 0 aliphatic rings. The molecule has 0 amide bonds. The van der Waals surface area contributed by atoms with Crippen molar-refractivity contribution < 1.29 is 0 Å². The zero-order chi connectivity index (χ0) is 19.4. The Morgan fingerprint density at radius 2 is 2.07 bits per heavy atom. The van der Waals surface area contributed by atoms with E-state index in [0.717, 1.165) is 42.1 Å². The minimum Gasteiger partial charge on any atom is -0.356 e. The summed E-state index contributed by atoms with van der Waals surface area (Å²) in [6, 6.07) is 8.22. The number of aromatic nitrogens is 4.